The van der Waals surface area contributed by atoms with Gasteiger partial charge in [-0.25, -0.2) is 9.97 Å². The average molecular weight is 404 g/mol. The van der Waals surface area contributed by atoms with Crippen molar-refractivity contribution in [2.24, 2.45) is 7.05 Å². The SMILES string of the molecule is CCc1cc(C(=O)N2CCC[C@@H](c3nc(C)ncc3-c3cccc(C)c3)C2)n(C)n1. The number of rotatable bonds is 4. The van der Waals surface area contributed by atoms with E-state index in [-0.39, 0.29) is 11.8 Å². The predicted octanol–water partition coefficient (Wildman–Crippen LogP) is 4.08. The molecule has 156 valence electrons. The van der Waals surface area contributed by atoms with Gasteiger partial charge in [-0.2, -0.15) is 5.10 Å². The van der Waals surface area contributed by atoms with Gasteiger partial charge in [0.1, 0.15) is 11.5 Å². The lowest BCUT2D eigenvalue weighted by Gasteiger charge is -2.33. The molecule has 1 fully saturated rings. The Labute approximate surface area is 178 Å². The van der Waals surface area contributed by atoms with Crippen LogP contribution in [0.1, 0.15) is 58.9 Å². The van der Waals surface area contributed by atoms with Gasteiger partial charge in [-0.1, -0.05) is 36.8 Å². The van der Waals surface area contributed by atoms with Crippen molar-refractivity contribution in [3.63, 3.8) is 0 Å². The third kappa shape index (κ3) is 3.99. The highest BCUT2D eigenvalue weighted by Gasteiger charge is 2.29. The van der Waals surface area contributed by atoms with Gasteiger partial charge < -0.3 is 4.90 Å². The van der Waals surface area contributed by atoms with Crippen LogP contribution in [0.25, 0.3) is 11.1 Å². The fourth-order valence-electron chi connectivity index (χ4n) is 4.28. The quantitative estimate of drug-likeness (QED) is 0.659. The molecule has 0 bridgehead atoms. The summed E-state index contributed by atoms with van der Waals surface area (Å²) in [5.74, 6) is 1.01. The second-order valence-electron chi connectivity index (χ2n) is 8.17. The minimum absolute atomic E-state index is 0.0530. The van der Waals surface area contributed by atoms with Crippen LogP contribution in [0.15, 0.2) is 36.5 Å². The molecule has 1 aliphatic rings. The molecule has 6 nitrogen and oxygen atoms in total. The van der Waals surface area contributed by atoms with E-state index >= 15 is 0 Å². The summed E-state index contributed by atoms with van der Waals surface area (Å²) in [6.45, 7) is 7.51. The van der Waals surface area contributed by atoms with E-state index in [9.17, 15) is 4.79 Å². The van der Waals surface area contributed by atoms with Crippen LogP contribution >= 0.6 is 0 Å². The van der Waals surface area contributed by atoms with Crippen molar-refractivity contribution in [3.05, 3.63) is 65.0 Å². The van der Waals surface area contributed by atoms with Crippen molar-refractivity contribution >= 4 is 5.91 Å². The fourth-order valence-corrected chi connectivity index (χ4v) is 4.28. The summed E-state index contributed by atoms with van der Waals surface area (Å²) in [4.78, 5) is 24.5. The van der Waals surface area contributed by atoms with E-state index in [1.165, 1.54) is 5.56 Å². The molecular weight excluding hydrogens is 374 g/mol. The molecule has 1 aliphatic heterocycles. The van der Waals surface area contributed by atoms with E-state index in [0.717, 1.165) is 54.1 Å². The van der Waals surface area contributed by atoms with Gasteiger partial charge >= 0.3 is 0 Å². The van der Waals surface area contributed by atoms with Gasteiger partial charge in [-0.15, -0.1) is 0 Å². The van der Waals surface area contributed by atoms with Gasteiger partial charge in [0.25, 0.3) is 5.91 Å². The standard InChI is InChI=1S/C24H29N5O/c1-5-20-13-22(28(4)27-20)24(30)29-11-7-10-19(15-29)23-21(14-25-17(3)26-23)18-9-6-8-16(2)12-18/h6,8-9,12-14,19H,5,7,10-11,15H2,1-4H3/t19-/m1/s1. The maximum absolute atomic E-state index is 13.2. The van der Waals surface area contributed by atoms with Crippen LogP contribution in [0.2, 0.25) is 0 Å². The molecule has 4 rings (SSSR count). The highest BCUT2D eigenvalue weighted by atomic mass is 16.2. The second-order valence-corrected chi connectivity index (χ2v) is 8.17. The number of nitrogens with zero attached hydrogens (tertiary/aromatic N) is 5. The molecule has 1 amide bonds. The number of aryl methyl sites for hydroxylation is 4. The van der Waals surface area contributed by atoms with E-state index in [0.29, 0.717) is 12.2 Å². The largest absolute Gasteiger partial charge is 0.337 e. The first-order valence-electron chi connectivity index (χ1n) is 10.7. The van der Waals surface area contributed by atoms with Gasteiger partial charge in [0.05, 0.1) is 11.4 Å². The average Bonchev–Trinajstić information content (AvgIpc) is 3.14. The third-order valence-corrected chi connectivity index (χ3v) is 5.87. The van der Waals surface area contributed by atoms with Gasteiger partial charge in [-0.05, 0) is 44.7 Å². The zero-order valence-corrected chi connectivity index (χ0v) is 18.2. The van der Waals surface area contributed by atoms with Crippen molar-refractivity contribution in [1.82, 2.24) is 24.6 Å². The zero-order valence-electron chi connectivity index (χ0n) is 18.2. The normalized spacial score (nSPS) is 16.7. The number of piperidine rings is 1. The number of hydrogen-bond donors (Lipinski definition) is 0. The van der Waals surface area contributed by atoms with Crippen LogP contribution in [0.5, 0.6) is 0 Å². The molecule has 3 heterocycles. The number of carbonyl (C=O) groups is 1. The number of hydrogen-bond acceptors (Lipinski definition) is 4. The fraction of sp³-hybridized carbons (Fsp3) is 0.417. The molecular formula is C24H29N5O. The minimum Gasteiger partial charge on any atom is -0.337 e. The summed E-state index contributed by atoms with van der Waals surface area (Å²) in [6.07, 6.45) is 4.74. The molecule has 0 spiro atoms. The first kappa shape index (κ1) is 20.3. The van der Waals surface area contributed by atoms with Crippen molar-refractivity contribution in [3.8, 4) is 11.1 Å². The van der Waals surface area contributed by atoms with Crippen molar-refractivity contribution < 1.29 is 4.79 Å². The van der Waals surface area contributed by atoms with Crippen LogP contribution in [-0.4, -0.2) is 43.6 Å². The van der Waals surface area contributed by atoms with Crippen LogP contribution in [-0.2, 0) is 13.5 Å². The lowest BCUT2D eigenvalue weighted by Crippen LogP contribution is -2.40. The lowest BCUT2D eigenvalue weighted by molar-refractivity contribution is 0.0695. The highest BCUT2D eigenvalue weighted by molar-refractivity contribution is 5.92. The Morgan fingerprint density at radius 1 is 1.23 bits per heavy atom. The first-order chi connectivity index (χ1) is 14.5. The topological polar surface area (TPSA) is 63.9 Å². The summed E-state index contributed by atoms with van der Waals surface area (Å²) in [6, 6.07) is 10.4. The maximum Gasteiger partial charge on any atom is 0.272 e. The predicted molar refractivity (Wildman–Crippen MR) is 117 cm³/mol. The number of carbonyl (C=O) groups excluding carboxylic acids is 1. The van der Waals surface area contributed by atoms with Gasteiger partial charge in [0.15, 0.2) is 0 Å². The minimum atomic E-state index is 0.0530. The Balaban J connectivity index is 1.64. The summed E-state index contributed by atoms with van der Waals surface area (Å²) in [5, 5.41) is 4.44. The molecule has 1 saturated heterocycles. The molecule has 2 aromatic heterocycles. The summed E-state index contributed by atoms with van der Waals surface area (Å²) >= 11 is 0. The summed E-state index contributed by atoms with van der Waals surface area (Å²) < 4.78 is 1.71. The van der Waals surface area contributed by atoms with Gasteiger partial charge in [-0.3, -0.25) is 9.48 Å². The van der Waals surface area contributed by atoms with Crippen LogP contribution in [0, 0.1) is 13.8 Å². The monoisotopic (exact) mass is 403 g/mol. The van der Waals surface area contributed by atoms with Crippen molar-refractivity contribution in [1.29, 1.82) is 0 Å². The Bertz CT molecular complexity index is 1070. The molecule has 1 aromatic carbocycles. The smallest absolute Gasteiger partial charge is 0.272 e. The Kier molecular flexibility index (Phi) is 5.66. The molecule has 3 aromatic rings. The van der Waals surface area contributed by atoms with Crippen LogP contribution < -0.4 is 0 Å². The maximum atomic E-state index is 13.2. The van der Waals surface area contributed by atoms with E-state index in [4.69, 9.17) is 4.98 Å². The Morgan fingerprint density at radius 2 is 2.07 bits per heavy atom. The molecule has 0 aliphatic carbocycles. The first-order valence-corrected chi connectivity index (χ1v) is 10.7. The third-order valence-electron chi connectivity index (χ3n) is 5.87. The number of benzene rings is 1. The van der Waals surface area contributed by atoms with E-state index in [1.807, 2.05) is 31.1 Å². The Morgan fingerprint density at radius 3 is 2.80 bits per heavy atom. The molecule has 0 unspecified atom stereocenters. The molecule has 6 heteroatoms. The number of aromatic nitrogens is 4. The number of likely N-dealkylation sites (tertiary alicyclic amines) is 1. The molecule has 1 atom stereocenters. The van der Waals surface area contributed by atoms with E-state index < -0.39 is 0 Å². The molecule has 0 N–H and O–H groups in total. The van der Waals surface area contributed by atoms with E-state index in [2.05, 4.69) is 48.2 Å². The van der Waals surface area contributed by atoms with Crippen LogP contribution in [0.3, 0.4) is 0 Å². The number of amides is 1. The van der Waals surface area contributed by atoms with Gasteiger partial charge in [0, 0.05) is 37.8 Å². The molecule has 30 heavy (non-hydrogen) atoms. The summed E-state index contributed by atoms with van der Waals surface area (Å²) in [5.41, 5.74) is 6.06. The summed E-state index contributed by atoms with van der Waals surface area (Å²) in [7, 11) is 1.84. The van der Waals surface area contributed by atoms with Crippen LogP contribution in [0.4, 0.5) is 0 Å². The van der Waals surface area contributed by atoms with E-state index in [1.54, 1.807) is 4.68 Å². The van der Waals surface area contributed by atoms with Crippen molar-refractivity contribution in [2.75, 3.05) is 13.1 Å². The second kappa shape index (κ2) is 8.38. The van der Waals surface area contributed by atoms with Gasteiger partial charge in [0.2, 0.25) is 0 Å². The zero-order chi connectivity index (χ0) is 21.3. The van der Waals surface area contributed by atoms with Crippen molar-refractivity contribution in [2.45, 2.75) is 46.0 Å². The molecule has 0 radical (unpaired) electrons. The Hall–Kier alpha value is -3.02. The lowest BCUT2D eigenvalue weighted by atomic mass is 9.89. The highest BCUT2D eigenvalue weighted by Crippen LogP contribution is 2.33. The molecule has 0 saturated carbocycles.